The van der Waals surface area contributed by atoms with Crippen molar-refractivity contribution in [3.05, 3.63) is 42.6 Å². The zero-order valence-corrected chi connectivity index (χ0v) is 16.0. The molecule has 3 rings (SSSR count). The van der Waals surface area contributed by atoms with Crippen LogP contribution in [0.25, 0.3) is 11.1 Å². The van der Waals surface area contributed by atoms with Gasteiger partial charge >= 0.3 is 0 Å². The van der Waals surface area contributed by atoms with Crippen LogP contribution >= 0.6 is 0 Å². The van der Waals surface area contributed by atoms with Crippen LogP contribution in [0, 0.1) is 11.3 Å². The molecule has 2 heterocycles. The van der Waals surface area contributed by atoms with Crippen LogP contribution in [-0.2, 0) is 4.79 Å². The summed E-state index contributed by atoms with van der Waals surface area (Å²) in [6.45, 7) is 2.22. The molecule has 0 bridgehead atoms. The van der Waals surface area contributed by atoms with Gasteiger partial charge in [-0.2, -0.15) is 5.26 Å². The first-order chi connectivity index (χ1) is 13.7. The first kappa shape index (κ1) is 19.6. The smallest absolute Gasteiger partial charge is 0.237 e. The Balaban J connectivity index is 1.40. The number of benzene rings is 1. The molecule has 1 unspecified atom stereocenters. The lowest BCUT2D eigenvalue weighted by atomic mass is 10.1. The highest BCUT2D eigenvalue weighted by atomic mass is 16.5. The van der Waals surface area contributed by atoms with Crippen molar-refractivity contribution in [2.45, 2.75) is 18.9 Å². The molecule has 1 atom stereocenters. The molecule has 0 radical (unpaired) electrons. The molecule has 1 fully saturated rings. The summed E-state index contributed by atoms with van der Waals surface area (Å²) in [5.41, 5.74) is 2.07. The number of carbonyl (C=O) groups is 1. The van der Waals surface area contributed by atoms with Crippen LogP contribution in [0.3, 0.4) is 0 Å². The third-order valence-corrected chi connectivity index (χ3v) is 4.77. The van der Waals surface area contributed by atoms with Crippen LogP contribution in [-0.4, -0.2) is 55.1 Å². The van der Waals surface area contributed by atoms with E-state index in [4.69, 9.17) is 10.00 Å². The van der Waals surface area contributed by atoms with E-state index in [2.05, 4.69) is 21.7 Å². The van der Waals surface area contributed by atoms with E-state index < -0.39 is 0 Å². The van der Waals surface area contributed by atoms with Crippen LogP contribution in [0.15, 0.2) is 42.6 Å². The van der Waals surface area contributed by atoms with E-state index in [0.717, 1.165) is 35.5 Å². The molecule has 2 N–H and O–H groups in total. The maximum Gasteiger partial charge on any atom is 0.237 e. The topological polar surface area (TPSA) is 90.3 Å². The minimum Gasteiger partial charge on any atom is -0.497 e. The van der Waals surface area contributed by atoms with Crippen molar-refractivity contribution in [2.75, 3.05) is 38.6 Å². The molecule has 7 heteroatoms. The lowest BCUT2D eigenvalue weighted by molar-refractivity contribution is -0.130. The van der Waals surface area contributed by atoms with Gasteiger partial charge in [0.25, 0.3) is 0 Å². The van der Waals surface area contributed by atoms with Crippen molar-refractivity contribution in [2.24, 2.45) is 0 Å². The van der Waals surface area contributed by atoms with Crippen LogP contribution in [0.2, 0.25) is 0 Å². The zero-order chi connectivity index (χ0) is 19.8. The Labute approximate surface area is 165 Å². The van der Waals surface area contributed by atoms with Gasteiger partial charge in [-0.15, -0.1) is 0 Å². The van der Waals surface area contributed by atoms with Gasteiger partial charge in [-0.05, 0) is 42.7 Å². The molecule has 1 aliphatic heterocycles. The summed E-state index contributed by atoms with van der Waals surface area (Å²) >= 11 is 0. The Bertz CT molecular complexity index is 831. The van der Waals surface area contributed by atoms with Crippen LogP contribution in [0.5, 0.6) is 5.75 Å². The van der Waals surface area contributed by atoms with Gasteiger partial charge in [0.1, 0.15) is 17.6 Å². The zero-order valence-electron chi connectivity index (χ0n) is 16.0. The van der Waals surface area contributed by atoms with Gasteiger partial charge in [0.2, 0.25) is 5.91 Å². The number of hydrogen-bond donors (Lipinski definition) is 2. The molecule has 1 aliphatic rings. The van der Waals surface area contributed by atoms with Gasteiger partial charge in [-0.25, -0.2) is 4.98 Å². The molecular weight excluding hydrogens is 354 g/mol. The van der Waals surface area contributed by atoms with E-state index in [1.807, 2.05) is 42.6 Å². The third kappa shape index (κ3) is 4.99. The van der Waals surface area contributed by atoms with Crippen LogP contribution in [0.1, 0.15) is 12.8 Å². The number of aromatic nitrogens is 1. The van der Waals surface area contributed by atoms with E-state index in [1.54, 1.807) is 12.0 Å². The Hall–Kier alpha value is -3.11. The summed E-state index contributed by atoms with van der Waals surface area (Å²) in [5, 5.41) is 15.4. The number of carbonyl (C=O) groups excluding carboxylic acids is 1. The molecule has 1 aromatic carbocycles. The highest BCUT2D eigenvalue weighted by molar-refractivity contribution is 5.79. The number of pyridine rings is 1. The summed E-state index contributed by atoms with van der Waals surface area (Å²) < 4.78 is 5.26. The minimum absolute atomic E-state index is 0.00943. The Morgan fingerprint density at radius 3 is 2.96 bits per heavy atom. The maximum atomic E-state index is 12.1. The van der Waals surface area contributed by atoms with Crippen LogP contribution in [0.4, 0.5) is 5.82 Å². The number of amides is 1. The summed E-state index contributed by atoms with van der Waals surface area (Å²) in [6, 6.07) is 13.7. The largest absolute Gasteiger partial charge is 0.497 e. The fourth-order valence-electron chi connectivity index (χ4n) is 3.25. The third-order valence-electron chi connectivity index (χ3n) is 4.77. The van der Waals surface area contributed by atoms with Crippen molar-refractivity contribution >= 4 is 11.7 Å². The number of anilines is 1. The molecule has 0 spiro atoms. The molecule has 28 heavy (non-hydrogen) atoms. The number of hydrogen-bond acceptors (Lipinski definition) is 6. The summed E-state index contributed by atoms with van der Waals surface area (Å²) in [7, 11) is 1.65. The number of nitriles is 1. The fourth-order valence-corrected chi connectivity index (χ4v) is 3.25. The highest BCUT2D eigenvalue weighted by Gasteiger charge is 2.27. The number of rotatable bonds is 8. The number of likely N-dealkylation sites (tertiary alicyclic amines) is 1. The van der Waals surface area contributed by atoms with E-state index >= 15 is 0 Å². The number of methoxy groups -OCH3 is 1. The van der Waals surface area contributed by atoms with Gasteiger partial charge in [0.15, 0.2) is 0 Å². The second-order valence-electron chi connectivity index (χ2n) is 6.64. The van der Waals surface area contributed by atoms with Gasteiger partial charge in [-0.3, -0.25) is 4.79 Å². The second kappa shape index (κ2) is 9.72. The van der Waals surface area contributed by atoms with Crippen molar-refractivity contribution < 1.29 is 9.53 Å². The molecule has 2 aromatic rings. The lowest BCUT2D eigenvalue weighted by Gasteiger charge is -2.19. The number of nitrogens with one attached hydrogen (secondary N) is 2. The molecular formula is C21H25N5O2. The quantitative estimate of drug-likeness (QED) is 0.684. The van der Waals surface area contributed by atoms with E-state index in [-0.39, 0.29) is 18.5 Å². The average molecular weight is 379 g/mol. The van der Waals surface area contributed by atoms with E-state index in [1.165, 1.54) is 0 Å². The predicted molar refractivity (Wildman–Crippen MR) is 108 cm³/mol. The van der Waals surface area contributed by atoms with Gasteiger partial charge in [0.05, 0.1) is 19.7 Å². The van der Waals surface area contributed by atoms with Gasteiger partial charge < -0.3 is 20.3 Å². The van der Waals surface area contributed by atoms with Crippen molar-refractivity contribution in [3.63, 3.8) is 0 Å². The van der Waals surface area contributed by atoms with E-state index in [0.29, 0.717) is 19.6 Å². The monoisotopic (exact) mass is 379 g/mol. The Kier molecular flexibility index (Phi) is 6.82. The van der Waals surface area contributed by atoms with Gasteiger partial charge in [0, 0.05) is 31.4 Å². The molecule has 0 saturated carbocycles. The maximum absolute atomic E-state index is 12.1. The van der Waals surface area contributed by atoms with Crippen molar-refractivity contribution in [3.8, 4) is 22.9 Å². The van der Waals surface area contributed by atoms with Crippen molar-refractivity contribution in [1.29, 1.82) is 5.26 Å². The van der Waals surface area contributed by atoms with Crippen molar-refractivity contribution in [1.82, 2.24) is 15.2 Å². The minimum atomic E-state index is -0.264. The van der Waals surface area contributed by atoms with Gasteiger partial charge in [-0.1, -0.05) is 12.1 Å². The Morgan fingerprint density at radius 2 is 2.21 bits per heavy atom. The predicted octanol–water partition coefficient (Wildman–Crippen LogP) is 2.27. The summed E-state index contributed by atoms with van der Waals surface area (Å²) in [5.74, 6) is 1.59. The Morgan fingerprint density at radius 1 is 1.32 bits per heavy atom. The fraction of sp³-hybridized carbons (Fsp3) is 0.381. The van der Waals surface area contributed by atoms with Crippen LogP contribution < -0.4 is 15.4 Å². The normalized spacial score (nSPS) is 15.9. The first-order valence-corrected chi connectivity index (χ1v) is 9.45. The summed E-state index contributed by atoms with van der Waals surface area (Å²) in [4.78, 5) is 18.2. The molecule has 1 amide bonds. The molecule has 1 aromatic heterocycles. The molecule has 0 aliphatic carbocycles. The molecule has 1 saturated heterocycles. The standard InChI is InChI=1S/C21H25N5O2/c1-28-19-6-2-4-16(12-19)17-7-8-20(25-14-17)24-10-9-23-15-21(27)26-11-3-5-18(26)13-22/h2,4,6-8,12,14,18,23H,3,5,9-11,15H2,1H3,(H,24,25). The van der Waals surface area contributed by atoms with E-state index in [9.17, 15) is 4.79 Å². The summed E-state index contributed by atoms with van der Waals surface area (Å²) in [6.07, 6.45) is 3.51. The number of ether oxygens (including phenoxy) is 1. The highest BCUT2D eigenvalue weighted by Crippen LogP contribution is 2.23. The average Bonchev–Trinajstić information content (AvgIpc) is 3.23. The first-order valence-electron chi connectivity index (χ1n) is 9.45. The number of nitrogens with zero attached hydrogens (tertiary/aromatic N) is 3. The molecule has 7 nitrogen and oxygen atoms in total. The lowest BCUT2D eigenvalue weighted by Crippen LogP contribution is -2.41. The molecule has 146 valence electrons. The second-order valence-corrected chi connectivity index (χ2v) is 6.64. The SMILES string of the molecule is COc1cccc(-c2ccc(NCCNCC(=O)N3CCCC3C#N)nc2)c1.